The number of ketones is 1. The molecule has 8 nitrogen and oxygen atoms in total. The minimum absolute atomic E-state index is 0.000237. The van der Waals surface area contributed by atoms with Gasteiger partial charge < -0.3 is 24.1 Å². The van der Waals surface area contributed by atoms with Gasteiger partial charge in [-0.2, -0.15) is 0 Å². The Morgan fingerprint density at radius 1 is 0.971 bits per heavy atom. The van der Waals surface area contributed by atoms with Crippen molar-refractivity contribution < 1.29 is 38.4 Å². The van der Waals surface area contributed by atoms with Gasteiger partial charge >= 0.3 is 11.9 Å². The van der Waals surface area contributed by atoms with Gasteiger partial charge in [-0.3, -0.25) is 14.4 Å². The molecule has 2 bridgehead atoms. The fraction of sp³-hybridized carbons (Fsp3) is 0.885. The van der Waals surface area contributed by atoms with E-state index in [1.807, 2.05) is 0 Å². The van der Waals surface area contributed by atoms with E-state index >= 15 is 0 Å². The van der Waals surface area contributed by atoms with E-state index in [9.17, 15) is 19.5 Å². The molecule has 4 aliphatic carbocycles. The number of esters is 2. The van der Waals surface area contributed by atoms with E-state index in [0.29, 0.717) is 32.1 Å². The van der Waals surface area contributed by atoms with Gasteiger partial charge in [-0.15, -0.1) is 0 Å². The molecule has 0 aromatic heterocycles. The van der Waals surface area contributed by atoms with Crippen molar-refractivity contribution in [1.29, 1.82) is 0 Å². The summed E-state index contributed by atoms with van der Waals surface area (Å²) in [5.74, 6) is -0.603. The zero-order valence-corrected chi connectivity index (χ0v) is 20.8. The maximum absolute atomic E-state index is 13.1. The summed E-state index contributed by atoms with van der Waals surface area (Å²) in [4.78, 5) is 35.9. The zero-order chi connectivity index (χ0) is 24.5. The highest BCUT2D eigenvalue weighted by Crippen LogP contribution is 2.75. The van der Waals surface area contributed by atoms with Gasteiger partial charge in [-0.1, -0.05) is 6.92 Å². The molecule has 0 amide bonds. The number of fused-ring (bicyclic) bond motifs is 1. The number of carbonyl (C=O) groups is 3. The van der Waals surface area contributed by atoms with E-state index < -0.39 is 28.9 Å². The van der Waals surface area contributed by atoms with Crippen LogP contribution < -0.4 is 0 Å². The van der Waals surface area contributed by atoms with Crippen molar-refractivity contribution in [3.8, 4) is 0 Å². The molecule has 8 heteroatoms. The molecule has 0 radical (unpaired) electrons. The fourth-order valence-electron chi connectivity index (χ4n) is 9.33. The third-order valence-corrected chi connectivity index (χ3v) is 10.5. The van der Waals surface area contributed by atoms with Crippen LogP contribution in [0.15, 0.2) is 0 Å². The summed E-state index contributed by atoms with van der Waals surface area (Å²) in [5, 5.41) is 12.1. The smallest absolute Gasteiger partial charge is 0.303 e. The summed E-state index contributed by atoms with van der Waals surface area (Å²) in [6, 6.07) is 0. The van der Waals surface area contributed by atoms with Crippen LogP contribution in [-0.4, -0.2) is 60.1 Å². The second kappa shape index (κ2) is 8.00. The Bertz CT molecular complexity index is 888. The Balaban J connectivity index is 1.46. The van der Waals surface area contributed by atoms with Gasteiger partial charge in [0.25, 0.3) is 0 Å². The number of hydrogen-bond acceptors (Lipinski definition) is 8. The standard InChI is InChI=1S/C26H38O8/c1-15(27)32-14-19(29)18-5-6-20-23(18,3)9-8-21-25-10-7-17(33-16(2)28)13-24(25,30)11-12-26(20,21)34-22(25)31-4/h17-18,20-22,30H,5-14H2,1-4H3/t17-,18-,20-,21-,22+,23+,24+,25-,26-/m0/s1. The van der Waals surface area contributed by atoms with Crippen molar-refractivity contribution in [2.24, 2.45) is 28.6 Å². The molecule has 34 heavy (non-hydrogen) atoms. The first kappa shape index (κ1) is 24.2. The highest BCUT2D eigenvalue weighted by Gasteiger charge is 2.79. The third-order valence-electron chi connectivity index (χ3n) is 10.5. The molecular weight excluding hydrogens is 440 g/mol. The van der Waals surface area contributed by atoms with Gasteiger partial charge in [0, 0.05) is 39.2 Å². The molecule has 1 aliphatic heterocycles. The lowest BCUT2D eigenvalue weighted by atomic mass is 9.42. The van der Waals surface area contributed by atoms with Crippen molar-refractivity contribution in [3.63, 3.8) is 0 Å². The molecule has 5 aliphatic rings. The topological polar surface area (TPSA) is 108 Å². The first-order valence-electron chi connectivity index (χ1n) is 12.8. The van der Waals surface area contributed by atoms with Crippen LogP contribution in [-0.2, 0) is 33.3 Å². The first-order valence-corrected chi connectivity index (χ1v) is 12.8. The quantitative estimate of drug-likeness (QED) is 0.601. The molecule has 1 heterocycles. The van der Waals surface area contributed by atoms with Gasteiger partial charge in [0.1, 0.15) is 12.7 Å². The average Bonchev–Trinajstić information content (AvgIpc) is 3.23. The predicted molar refractivity (Wildman–Crippen MR) is 119 cm³/mol. The SMILES string of the molecule is CO[C@@H]1O[C@]23CC[C@@]4(O)C[C@@H](OC(C)=O)CC[C@]14[C@@H]2CC[C@]1(C)[C@H](C(=O)COC(C)=O)CC[C@@H]13. The molecule has 0 aromatic rings. The molecule has 190 valence electrons. The minimum atomic E-state index is -1.02. The largest absolute Gasteiger partial charge is 0.462 e. The number of hydrogen-bond donors (Lipinski definition) is 1. The van der Waals surface area contributed by atoms with E-state index in [2.05, 4.69) is 6.92 Å². The van der Waals surface area contributed by atoms with Crippen LogP contribution in [0.3, 0.4) is 0 Å². The van der Waals surface area contributed by atoms with E-state index in [1.165, 1.54) is 13.8 Å². The normalized spacial score (nSPS) is 48.9. The molecule has 1 spiro atoms. The van der Waals surface area contributed by atoms with Crippen LogP contribution >= 0.6 is 0 Å². The number of Topliss-reactive ketones (excluding diaryl/α,β-unsaturated/α-hetero) is 1. The van der Waals surface area contributed by atoms with Crippen LogP contribution in [0, 0.1) is 28.6 Å². The number of carbonyl (C=O) groups excluding carboxylic acids is 3. The number of aliphatic hydroxyl groups is 1. The summed E-state index contributed by atoms with van der Waals surface area (Å²) in [6.07, 6.45) is 5.60. The maximum Gasteiger partial charge on any atom is 0.303 e. The van der Waals surface area contributed by atoms with Crippen molar-refractivity contribution in [2.75, 3.05) is 13.7 Å². The summed E-state index contributed by atoms with van der Waals surface area (Å²) in [7, 11) is 1.65. The van der Waals surface area contributed by atoms with Crippen molar-refractivity contribution in [1.82, 2.24) is 0 Å². The second-order valence-corrected chi connectivity index (χ2v) is 11.7. The summed E-state index contributed by atoms with van der Waals surface area (Å²) < 4.78 is 23.4. The molecular formula is C26H38O8. The minimum Gasteiger partial charge on any atom is -0.462 e. The lowest BCUT2D eigenvalue weighted by molar-refractivity contribution is -0.241. The van der Waals surface area contributed by atoms with E-state index in [4.69, 9.17) is 18.9 Å². The maximum atomic E-state index is 13.1. The highest BCUT2D eigenvalue weighted by molar-refractivity contribution is 5.85. The molecule has 0 unspecified atom stereocenters. The van der Waals surface area contributed by atoms with Crippen LogP contribution in [0.25, 0.3) is 0 Å². The zero-order valence-electron chi connectivity index (χ0n) is 20.8. The van der Waals surface area contributed by atoms with Gasteiger partial charge in [0.15, 0.2) is 12.1 Å². The Hall–Kier alpha value is -1.51. The molecule has 4 saturated carbocycles. The van der Waals surface area contributed by atoms with Gasteiger partial charge in [0.2, 0.25) is 0 Å². The van der Waals surface area contributed by atoms with Gasteiger partial charge in [0.05, 0.1) is 16.6 Å². The molecule has 1 saturated heterocycles. The number of methoxy groups -OCH3 is 1. The number of rotatable bonds is 5. The Labute approximate surface area is 201 Å². The second-order valence-electron chi connectivity index (χ2n) is 11.7. The molecule has 9 atom stereocenters. The van der Waals surface area contributed by atoms with Crippen molar-refractivity contribution >= 4 is 17.7 Å². The molecule has 5 rings (SSSR count). The first-order chi connectivity index (χ1) is 16.0. The molecule has 5 fully saturated rings. The fourth-order valence-corrected chi connectivity index (χ4v) is 9.33. The van der Waals surface area contributed by atoms with Gasteiger partial charge in [-0.25, -0.2) is 0 Å². The van der Waals surface area contributed by atoms with E-state index in [-0.39, 0.29) is 47.6 Å². The summed E-state index contributed by atoms with van der Waals surface area (Å²) >= 11 is 0. The van der Waals surface area contributed by atoms with Crippen LogP contribution in [0.1, 0.15) is 78.6 Å². The van der Waals surface area contributed by atoms with Crippen LogP contribution in [0.4, 0.5) is 0 Å². The van der Waals surface area contributed by atoms with Crippen LogP contribution in [0.2, 0.25) is 0 Å². The Kier molecular flexibility index (Phi) is 5.69. The molecule has 1 N–H and O–H groups in total. The number of ether oxygens (including phenoxy) is 4. The Morgan fingerprint density at radius 2 is 1.74 bits per heavy atom. The van der Waals surface area contributed by atoms with E-state index in [0.717, 1.165) is 25.7 Å². The monoisotopic (exact) mass is 478 g/mol. The third kappa shape index (κ3) is 3.10. The van der Waals surface area contributed by atoms with Crippen LogP contribution in [0.5, 0.6) is 0 Å². The molecule has 0 aromatic carbocycles. The lowest BCUT2D eigenvalue weighted by Crippen LogP contribution is -2.67. The van der Waals surface area contributed by atoms with Crippen molar-refractivity contribution in [3.05, 3.63) is 0 Å². The summed E-state index contributed by atoms with van der Waals surface area (Å²) in [6.45, 7) is 4.78. The van der Waals surface area contributed by atoms with Crippen molar-refractivity contribution in [2.45, 2.75) is 102 Å². The van der Waals surface area contributed by atoms with Gasteiger partial charge in [-0.05, 0) is 62.7 Å². The van der Waals surface area contributed by atoms with E-state index in [1.54, 1.807) is 7.11 Å². The lowest BCUT2D eigenvalue weighted by Gasteiger charge is -2.63. The average molecular weight is 479 g/mol. The highest BCUT2D eigenvalue weighted by atomic mass is 16.7. The predicted octanol–water partition coefficient (Wildman–Crippen LogP) is 2.93. The summed E-state index contributed by atoms with van der Waals surface area (Å²) in [5.41, 5.74) is -2.24. The Morgan fingerprint density at radius 3 is 2.41 bits per heavy atom.